The van der Waals surface area contributed by atoms with E-state index in [0.717, 1.165) is 16.8 Å². The monoisotopic (exact) mass is 174 g/mol. The number of aromatic nitrogens is 3. The van der Waals surface area contributed by atoms with E-state index in [9.17, 15) is 0 Å². The Hall–Kier alpha value is -1.84. The second-order valence-corrected chi connectivity index (χ2v) is 2.95. The molecular weight excluding hydrogens is 164 g/mol. The molecule has 0 aliphatic heterocycles. The van der Waals surface area contributed by atoms with Crippen molar-refractivity contribution in [3.8, 4) is 11.3 Å². The van der Waals surface area contributed by atoms with Gasteiger partial charge >= 0.3 is 0 Å². The van der Waals surface area contributed by atoms with Crippen molar-refractivity contribution >= 4 is 5.69 Å². The zero-order chi connectivity index (χ0) is 9.26. The van der Waals surface area contributed by atoms with Crippen LogP contribution in [0, 0.1) is 6.92 Å². The van der Waals surface area contributed by atoms with Gasteiger partial charge in [-0.25, -0.2) is 0 Å². The van der Waals surface area contributed by atoms with Gasteiger partial charge in [-0.2, -0.15) is 5.10 Å². The number of nitrogens with one attached hydrogen (secondary N) is 1. The van der Waals surface area contributed by atoms with Crippen molar-refractivity contribution in [1.82, 2.24) is 15.2 Å². The summed E-state index contributed by atoms with van der Waals surface area (Å²) in [6.45, 7) is 1.99. The number of anilines is 1. The second-order valence-electron chi connectivity index (χ2n) is 2.95. The van der Waals surface area contributed by atoms with E-state index in [4.69, 9.17) is 5.73 Å². The second kappa shape index (κ2) is 2.90. The highest BCUT2D eigenvalue weighted by Gasteiger charge is 2.03. The fourth-order valence-corrected chi connectivity index (χ4v) is 1.22. The Kier molecular flexibility index (Phi) is 1.73. The summed E-state index contributed by atoms with van der Waals surface area (Å²) in [7, 11) is 0. The van der Waals surface area contributed by atoms with Crippen molar-refractivity contribution in [2.75, 3.05) is 5.73 Å². The van der Waals surface area contributed by atoms with Gasteiger partial charge in [0.25, 0.3) is 0 Å². The highest BCUT2D eigenvalue weighted by atomic mass is 15.1. The fourth-order valence-electron chi connectivity index (χ4n) is 1.22. The standard InChI is InChI=1S/C9H10N4/c1-6-2-7(4-11-3-6)9-8(10)5-12-13-9/h2-5H,10H2,1H3,(H,12,13). The molecule has 0 atom stereocenters. The molecule has 2 heterocycles. The minimum absolute atomic E-state index is 0.646. The third-order valence-corrected chi connectivity index (χ3v) is 1.83. The molecule has 0 radical (unpaired) electrons. The first kappa shape index (κ1) is 7.79. The summed E-state index contributed by atoms with van der Waals surface area (Å²) < 4.78 is 0. The zero-order valence-corrected chi connectivity index (χ0v) is 7.28. The predicted molar refractivity (Wildman–Crippen MR) is 51.0 cm³/mol. The van der Waals surface area contributed by atoms with Gasteiger partial charge in [0.05, 0.1) is 17.6 Å². The minimum atomic E-state index is 0.646. The molecular formula is C9H10N4. The van der Waals surface area contributed by atoms with Crippen LogP contribution in [0.25, 0.3) is 11.3 Å². The van der Waals surface area contributed by atoms with Gasteiger partial charge in [0, 0.05) is 18.0 Å². The third-order valence-electron chi connectivity index (χ3n) is 1.83. The van der Waals surface area contributed by atoms with Crippen molar-refractivity contribution in [2.45, 2.75) is 6.92 Å². The lowest BCUT2D eigenvalue weighted by Gasteiger charge is -1.99. The van der Waals surface area contributed by atoms with Crippen molar-refractivity contribution in [1.29, 1.82) is 0 Å². The van der Waals surface area contributed by atoms with Gasteiger partial charge in [0.2, 0.25) is 0 Å². The van der Waals surface area contributed by atoms with E-state index >= 15 is 0 Å². The normalized spacial score (nSPS) is 10.2. The van der Waals surface area contributed by atoms with Crippen LogP contribution in [0.1, 0.15) is 5.56 Å². The van der Waals surface area contributed by atoms with E-state index in [0.29, 0.717) is 5.69 Å². The van der Waals surface area contributed by atoms with Gasteiger partial charge in [0.1, 0.15) is 0 Å². The molecule has 0 aliphatic carbocycles. The molecule has 0 saturated heterocycles. The van der Waals surface area contributed by atoms with Crippen molar-refractivity contribution in [3.63, 3.8) is 0 Å². The molecule has 2 aromatic rings. The number of nitrogens with two attached hydrogens (primary N) is 1. The zero-order valence-electron chi connectivity index (χ0n) is 7.28. The highest BCUT2D eigenvalue weighted by molar-refractivity contribution is 5.71. The van der Waals surface area contributed by atoms with Gasteiger partial charge in [-0.15, -0.1) is 0 Å². The van der Waals surface area contributed by atoms with E-state index in [1.165, 1.54) is 0 Å². The number of rotatable bonds is 1. The molecule has 0 amide bonds. The molecule has 0 unspecified atom stereocenters. The van der Waals surface area contributed by atoms with E-state index in [1.54, 1.807) is 18.6 Å². The summed E-state index contributed by atoms with van der Waals surface area (Å²) in [5.41, 5.74) is 9.25. The summed E-state index contributed by atoms with van der Waals surface area (Å²) in [5.74, 6) is 0. The minimum Gasteiger partial charge on any atom is -0.396 e. The molecule has 13 heavy (non-hydrogen) atoms. The Labute approximate surface area is 75.8 Å². The summed E-state index contributed by atoms with van der Waals surface area (Å²) in [6.07, 6.45) is 5.16. The Bertz CT molecular complexity index is 419. The van der Waals surface area contributed by atoms with Crippen LogP contribution in [-0.4, -0.2) is 15.2 Å². The molecule has 0 saturated carbocycles. The number of pyridine rings is 1. The number of aryl methyl sites for hydroxylation is 1. The van der Waals surface area contributed by atoms with Gasteiger partial charge in [-0.05, 0) is 18.6 Å². The van der Waals surface area contributed by atoms with E-state index < -0.39 is 0 Å². The third kappa shape index (κ3) is 1.38. The molecule has 3 N–H and O–H groups in total. The summed E-state index contributed by atoms with van der Waals surface area (Å²) in [4.78, 5) is 4.08. The van der Waals surface area contributed by atoms with Gasteiger partial charge < -0.3 is 5.73 Å². The van der Waals surface area contributed by atoms with Crippen LogP contribution in [0.3, 0.4) is 0 Å². The molecule has 0 spiro atoms. The van der Waals surface area contributed by atoms with Gasteiger partial charge in [0.15, 0.2) is 0 Å². The van der Waals surface area contributed by atoms with E-state index in [2.05, 4.69) is 15.2 Å². The SMILES string of the molecule is Cc1cncc(-c2[nH]ncc2N)c1. The molecule has 66 valence electrons. The number of hydrogen-bond acceptors (Lipinski definition) is 3. The quantitative estimate of drug-likeness (QED) is 0.686. The Morgan fingerprint density at radius 3 is 2.77 bits per heavy atom. The lowest BCUT2D eigenvalue weighted by molar-refractivity contribution is 1.09. The van der Waals surface area contributed by atoms with Crippen LogP contribution >= 0.6 is 0 Å². The molecule has 4 nitrogen and oxygen atoms in total. The van der Waals surface area contributed by atoms with Crippen LogP contribution in [0.4, 0.5) is 5.69 Å². The summed E-state index contributed by atoms with van der Waals surface area (Å²) in [6, 6.07) is 2.01. The summed E-state index contributed by atoms with van der Waals surface area (Å²) >= 11 is 0. The van der Waals surface area contributed by atoms with Crippen molar-refractivity contribution in [3.05, 3.63) is 30.2 Å². The van der Waals surface area contributed by atoms with Gasteiger partial charge in [-0.1, -0.05) is 0 Å². The van der Waals surface area contributed by atoms with E-state index in [-0.39, 0.29) is 0 Å². The van der Waals surface area contributed by atoms with Crippen LogP contribution in [0.5, 0.6) is 0 Å². The molecule has 0 fully saturated rings. The molecule has 2 rings (SSSR count). The maximum atomic E-state index is 5.70. The van der Waals surface area contributed by atoms with Crippen molar-refractivity contribution in [2.24, 2.45) is 0 Å². The predicted octanol–water partition coefficient (Wildman–Crippen LogP) is 1.36. The smallest absolute Gasteiger partial charge is 0.0895 e. The maximum absolute atomic E-state index is 5.70. The maximum Gasteiger partial charge on any atom is 0.0895 e. The Morgan fingerprint density at radius 1 is 1.31 bits per heavy atom. The number of hydrogen-bond donors (Lipinski definition) is 2. The van der Waals surface area contributed by atoms with Gasteiger partial charge in [-0.3, -0.25) is 10.1 Å². The lowest BCUT2D eigenvalue weighted by atomic mass is 10.1. The average molecular weight is 174 g/mol. The van der Waals surface area contributed by atoms with Crippen LogP contribution in [-0.2, 0) is 0 Å². The number of nitrogens with zero attached hydrogens (tertiary/aromatic N) is 2. The first-order valence-electron chi connectivity index (χ1n) is 3.98. The first-order valence-corrected chi connectivity index (χ1v) is 3.98. The number of nitrogen functional groups attached to an aromatic ring is 1. The molecule has 0 bridgehead atoms. The number of H-pyrrole nitrogens is 1. The van der Waals surface area contributed by atoms with Crippen LogP contribution in [0.15, 0.2) is 24.7 Å². The molecule has 0 aromatic carbocycles. The fraction of sp³-hybridized carbons (Fsp3) is 0.111. The van der Waals surface area contributed by atoms with E-state index in [1.807, 2.05) is 13.0 Å². The average Bonchev–Trinajstić information content (AvgIpc) is 2.51. The van der Waals surface area contributed by atoms with Crippen LogP contribution < -0.4 is 5.73 Å². The lowest BCUT2D eigenvalue weighted by Crippen LogP contribution is -1.88. The molecule has 0 aliphatic rings. The van der Waals surface area contributed by atoms with Crippen LogP contribution in [0.2, 0.25) is 0 Å². The summed E-state index contributed by atoms with van der Waals surface area (Å²) in [5, 5.41) is 6.68. The first-order chi connectivity index (χ1) is 6.27. The Morgan fingerprint density at radius 2 is 2.15 bits per heavy atom. The highest BCUT2D eigenvalue weighted by Crippen LogP contribution is 2.21. The molecule has 2 aromatic heterocycles. The largest absolute Gasteiger partial charge is 0.396 e. The molecule has 4 heteroatoms. The Balaban J connectivity index is 2.53. The number of aromatic amines is 1. The topological polar surface area (TPSA) is 67.6 Å². The van der Waals surface area contributed by atoms with Crippen molar-refractivity contribution < 1.29 is 0 Å².